The zero-order valence-corrected chi connectivity index (χ0v) is 24.4. The second-order valence-corrected chi connectivity index (χ2v) is 12.4. The van der Waals surface area contributed by atoms with E-state index in [1.807, 2.05) is 18.2 Å². The zero-order chi connectivity index (χ0) is 30.0. The summed E-state index contributed by atoms with van der Waals surface area (Å²) in [5.74, 6) is 0.268. The molecule has 2 aromatic carbocycles. The van der Waals surface area contributed by atoms with Crippen molar-refractivity contribution >= 4 is 50.7 Å². The highest BCUT2D eigenvalue weighted by Crippen LogP contribution is 2.30. The number of carbonyl (C=O) groups excluding carboxylic acids is 1. The standard InChI is InChI=1S/C29H27ClFN7O4S/c30-23-17-33-29-35-22-13-19(15-32-16-22)5-6-20-14-21(34-28(23)36-29)7-8-25(20)42-18-27(39)37-9-11-38(12-10-37)43(40,41)26-4-2-1-3-24(26)31/h1-4,7-8,13-17H,5-6,9-12,18H2,(H2,33,34,35,36). The van der Waals surface area contributed by atoms with E-state index in [0.717, 1.165) is 28.6 Å². The summed E-state index contributed by atoms with van der Waals surface area (Å²) in [7, 11) is -4.00. The third-order valence-corrected chi connectivity index (χ3v) is 9.41. The number of piperazine rings is 1. The number of aromatic nitrogens is 3. The Morgan fingerprint density at radius 1 is 0.977 bits per heavy atom. The number of nitrogens with zero attached hydrogens (tertiary/aromatic N) is 5. The number of halogens is 2. The Kier molecular flexibility index (Phi) is 8.10. The first-order valence-corrected chi connectivity index (χ1v) is 15.4. The number of hydrogen-bond donors (Lipinski definition) is 2. The molecule has 1 fully saturated rings. The van der Waals surface area contributed by atoms with Gasteiger partial charge in [-0.1, -0.05) is 23.7 Å². The van der Waals surface area contributed by atoms with Gasteiger partial charge in [0.1, 0.15) is 21.5 Å². The summed E-state index contributed by atoms with van der Waals surface area (Å²) in [6.45, 7) is 0.240. The number of rotatable bonds is 5. The average Bonchev–Trinajstić information content (AvgIpc) is 3.01. The van der Waals surface area contributed by atoms with Gasteiger partial charge in [-0.2, -0.15) is 9.29 Å². The van der Waals surface area contributed by atoms with E-state index in [2.05, 4.69) is 25.6 Å². The van der Waals surface area contributed by atoms with Gasteiger partial charge < -0.3 is 20.3 Å². The molecule has 2 aliphatic heterocycles. The van der Waals surface area contributed by atoms with E-state index in [1.165, 1.54) is 28.7 Å². The minimum Gasteiger partial charge on any atom is -0.483 e. The minimum absolute atomic E-state index is 0.0588. The lowest BCUT2D eigenvalue weighted by atomic mass is 10.0. The van der Waals surface area contributed by atoms with Crippen molar-refractivity contribution in [2.45, 2.75) is 17.7 Å². The molecule has 1 amide bonds. The SMILES string of the molecule is O=C(COc1ccc2cc1CCc1cncc(c1)Nc1ncc(Cl)c(n1)N2)N1CCN(S(=O)(=O)c2ccccc2F)CC1. The van der Waals surface area contributed by atoms with Gasteiger partial charge in [-0.25, -0.2) is 17.8 Å². The summed E-state index contributed by atoms with van der Waals surface area (Å²) in [5.41, 5.74) is 3.32. The zero-order valence-electron chi connectivity index (χ0n) is 22.8. The van der Waals surface area contributed by atoms with Crippen LogP contribution in [0.25, 0.3) is 0 Å². The second-order valence-electron chi connectivity index (χ2n) is 10.0. The van der Waals surface area contributed by atoms with Gasteiger partial charge >= 0.3 is 0 Å². The van der Waals surface area contributed by atoms with Crippen LogP contribution >= 0.6 is 11.6 Å². The van der Waals surface area contributed by atoms with E-state index >= 15 is 0 Å². The maximum absolute atomic E-state index is 14.2. The van der Waals surface area contributed by atoms with Gasteiger partial charge in [0.05, 0.1) is 18.1 Å². The summed E-state index contributed by atoms with van der Waals surface area (Å²) in [4.78, 5) is 27.3. The Bertz CT molecular complexity index is 1780. The number of sulfonamides is 1. The molecule has 2 aliphatic rings. The van der Waals surface area contributed by atoms with E-state index in [1.54, 1.807) is 23.4 Å². The molecule has 11 nitrogen and oxygen atoms in total. The maximum Gasteiger partial charge on any atom is 0.260 e. The van der Waals surface area contributed by atoms with Crippen LogP contribution in [-0.2, 0) is 27.7 Å². The highest BCUT2D eigenvalue weighted by molar-refractivity contribution is 7.89. The number of ether oxygens (including phenoxy) is 1. The van der Waals surface area contributed by atoms with Crippen molar-refractivity contribution in [3.05, 3.63) is 89.1 Å². The lowest BCUT2D eigenvalue weighted by Crippen LogP contribution is -2.51. The van der Waals surface area contributed by atoms with Crippen molar-refractivity contribution < 1.29 is 22.3 Å². The molecule has 2 aromatic heterocycles. The Morgan fingerprint density at radius 3 is 2.60 bits per heavy atom. The minimum atomic E-state index is -4.00. The first kappa shape index (κ1) is 28.8. The van der Waals surface area contributed by atoms with Crippen LogP contribution in [0.5, 0.6) is 5.75 Å². The Hall–Kier alpha value is -4.33. The lowest BCUT2D eigenvalue weighted by molar-refractivity contribution is -0.134. The molecule has 6 bridgehead atoms. The highest BCUT2D eigenvalue weighted by atomic mass is 35.5. The monoisotopic (exact) mass is 623 g/mol. The summed E-state index contributed by atoms with van der Waals surface area (Å²) >= 11 is 6.35. The molecule has 43 heavy (non-hydrogen) atoms. The van der Waals surface area contributed by atoms with Gasteiger partial charge in [-0.05, 0) is 60.4 Å². The van der Waals surface area contributed by atoms with Crippen LogP contribution in [0.2, 0.25) is 5.02 Å². The van der Waals surface area contributed by atoms with Gasteiger partial charge in [0.15, 0.2) is 12.4 Å². The van der Waals surface area contributed by atoms with Crippen LogP contribution in [0.3, 0.4) is 0 Å². The summed E-state index contributed by atoms with van der Waals surface area (Å²) < 4.78 is 47.2. The van der Waals surface area contributed by atoms with Crippen LogP contribution in [0.4, 0.5) is 27.5 Å². The summed E-state index contributed by atoms with van der Waals surface area (Å²) in [5, 5.41) is 6.73. The van der Waals surface area contributed by atoms with Gasteiger partial charge in [-0.3, -0.25) is 9.78 Å². The normalized spacial score (nSPS) is 15.3. The van der Waals surface area contributed by atoms with E-state index in [0.29, 0.717) is 35.4 Å². The Balaban J connectivity index is 1.14. The van der Waals surface area contributed by atoms with Crippen molar-refractivity contribution in [1.29, 1.82) is 0 Å². The fourth-order valence-corrected chi connectivity index (χ4v) is 6.57. The third kappa shape index (κ3) is 6.38. The number of nitrogens with one attached hydrogen (secondary N) is 2. The number of pyridine rings is 1. The first-order chi connectivity index (χ1) is 20.8. The summed E-state index contributed by atoms with van der Waals surface area (Å²) in [6.07, 6.45) is 6.25. The second kappa shape index (κ2) is 12.1. The molecule has 4 aromatic rings. The van der Waals surface area contributed by atoms with E-state index in [4.69, 9.17) is 16.3 Å². The number of anilines is 4. The van der Waals surface area contributed by atoms with Crippen molar-refractivity contribution in [2.24, 2.45) is 0 Å². The van der Waals surface area contributed by atoms with Gasteiger partial charge in [0.2, 0.25) is 16.0 Å². The van der Waals surface area contributed by atoms with Crippen LogP contribution < -0.4 is 15.4 Å². The molecule has 0 aliphatic carbocycles. The molecule has 0 spiro atoms. The number of carbonyl (C=O) groups is 1. The lowest BCUT2D eigenvalue weighted by Gasteiger charge is -2.34. The first-order valence-electron chi connectivity index (χ1n) is 13.5. The molecule has 0 saturated carbocycles. The number of benzene rings is 2. The molecule has 4 heterocycles. The van der Waals surface area contributed by atoms with Crippen molar-refractivity contribution in [1.82, 2.24) is 24.2 Å². The molecule has 14 heteroatoms. The predicted molar refractivity (Wildman–Crippen MR) is 159 cm³/mol. The topological polar surface area (TPSA) is 130 Å². The molecule has 6 rings (SSSR count). The van der Waals surface area contributed by atoms with Crippen molar-refractivity contribution in [3.8, 4) is 5.75 Å². The van der Waals surface area contributed by atoms with Gasteiger partial charge in [0.25, 0.3) is 5.91 Å². The molecule has 0 atom stereocenters. The predicted octanol–water partition coefficient (Wildman–Crippen LogP) is 4.16. The molecular formula is C29H27ClFN7O4S. The number of hydrogen-bond acceptors (Lipinski definition) is 9. The molecule has 0 radical (unpaired) electrons. The average molecular weight is 624 g/mol. The van der Waals surface area contributed by atoms with Gasteiger partial charge in [-0.15, -0.1) is 0 Å². The maximum atomic E-state index is 14.2. The quantitative estimate of drug-likeness (QED) is 0.337. The fraction of sp³-hybridized carbons (Fsp3) is 0.241. The van der Waals surface area contributed by atoms with Crippen molar-refractivity contribution in [2.75, 3.05) is 43.4 Å². The van der Waals surface area contributed by atoms with Crippen LogP contribution in [0.1, 0.15) is 11.1 Å². The third-order valence-electron chi connectivity index (χ3n) is 7.20. The van der Waals surface area contributed by atoms with Gasteiger partial charge in [0, 0.05) is 38.1 Å². The molecule has 0 unspecified atom stereocenters. The Labute approximate surface area is 252 Å². The van der Waals surface area contributed by atoms with Crippen LogP contribution in [0.15, 0.2) is 72.0 Å². The molecule has 2 N–H and O–H groups in total. The van der Waals surface area contributed by atoms with E-state index < -0.39 is 15.8 Å². The fourth-order valence-electron chi connectivity index (χ4n) is 4.95. The highest BCUT2D eigenvalue weighted by Gasteiger charge is 2.32. The van der Waals surface area contributed by atoms with Crippen molar-refractivity contribution in [3.63, 3.8) is 0 Å². The number of aryl methyl sites for hydroxylation is 2. The molecule has 222 valence electrons. The number of fused-ring (bicyclic) bond motifs is 6. The van der Waals surface area contributed by atoms with Crippen LogP contribution in [0, 0.1) is 5.82 Å². The number of amides is 1. The molecule has 1 saturated heterocycles. The van der Waals surface area contributed by atoms with E-state index in [-0.39, 0.29) is 43.6 Å². The summed E-state index contributed by atoms with van der Waals surface area (Å²) in [6, 6.07) is 12.8. The largest absolute Gasteiger partial charge is 0.483 e. The molecular weight excluding hydrogens is 597 g/mol. The van der Waals surface area contributed by atoms with E-state index in [9.17, 15) is 17.6 Å². The Morgan fingerprint density at radius 2 is 1.79 bits per heavy atom. The van der Waals surface area contributed by atoms with Crippen LogP contribution in [-0.4, -0.2) is 71.3 Å². The smallest absolute Gasteiger partial charge is 0.260 e.